The summed E-state index contributed by atoms with van der Waals surface area (Å²) in [6.45, 7) is 4.74. The molecule has 2 N–H and O–H groups in total. The second-order valence-electron chi connectivity index (χ2n) is 8.36. The van der Waals surface area contributed by atoms with E-state index in [9.17, 15) is 14.7 Å². The van der Waals surface area contributed by atoms with Crippen LogP contribution in [0.5, 0.6) is 0 Å². The fraction of sp³-hybridized carbons (Fsp3) is 0.185. The number of nitrogens with one attached hydrogen (secondary N) is 1. The Balaban J connectivity index is 1.82. The molecule has 0 aliphatic rings. The van der Waals surface area contributed by atoms with E-state index in [4.69, 9.17) is 11.6 Å². The summed E-state index contributed by atoms with van der Waals surface area (Å²) in [6.07, 6.45) is -0.247. The Morgan fingerprint density at radius 3 is 2.27 bits per heavy atom. The van der Waals surface area contributed by atoms with Gasteiger partial charge in [0.2, 0.25) is 0 Å². The minimum atomic E-state index is -0.986. The van der Waals surface area contributed by atoms with Gasteiger partial charge in [-0.1, -0.05) is 67.9 Å². The number of benzene rings is 3. The van der Waals surface area contributed by atoms with Gasteiger partial charge in [-0.05, 0) is 47.4 Å². The van der Waals surface area contributed by atoms with Gasteiger partial charge < -0.3 is 15.0 Å². The molecule has 1 amide bonds. The standard InChI is InChI=1S/C27H25ClN2O3/c1-17(2)19-9-7-18(8-10-19)16-30-24-6-4-3-5-22(24)23(15-25(31)32)26(30)27(33)29-21-13-11-20(28)12-14-21/h3-14,17H,15-16H2,1-2H3,(H,29,33)(H,31,32). The van der Waals surface area contributed by atoms with Crippen LogP contribution >= 0.6 is 11.6 Å². The summed E-state index contributed by atoms with van der Waals surface area (Å²) in [5.41, 5.74) is 4.53. The largest absolute Gasteiger partial charge is 0.481 e. The van der Waals surface area contributed by atoms with Crippen LogP contribution < -0.4 is 5.32 Å². The number of para-hydroxylation sites is 1. The monoisotopic (exact) mass is 460 g/mol. The van der Waals surface area contributed by atoms with Crippen molar-refractivity contribution in [3.8, 4) is 0 Å². The van der Waals surface area contributed by atoms with Crippen LogP contribution in [-0.2, 0) is 17.8 Å². The highest BCUT2D eigenvalue weighted by atomic mass is 35.5. The molecule has 1 heterocycles. The van der Waals surface area contributed by atoms with Crippen molar-refractivity contribution >= 4 is 40.1 Å². The maximum absolute atomic E-state index is 13.5. The van der Waals surface area contributed by atoms with Crippen molar-refractivity contribution in [2.24, 2.45) is 0 Å². The molecule has 6 heteroatoms. The van der Waals surface area contributed by atoms with Crippen molar-refractivity contribution < 1.29 is 14.7 Å². The number of rotatable bonds is 7. The zero-order valence-electron chi connectivity index (χ0n) is 18.5. The smallest absolute Gasteiger partial charge is 0.307 e. The van der Waals surface area contributed by atoms with Crippen LogP contribution in [0.25, 0.3) is 10.9 Å². The van der Waals surface area contributed by atoms with E-state index in [-0.39, 0.29) is 12.3 Å². The van der Waals surface area contributed by atoms with Gasteiger partial charge in [-0.25, -0.2) is 0 Å². The van der Waals surface area contributed by atoms with Crippen molar-refractivity contribution in [3.63, 3.8) is 0 Å². The molecule has 3 aromatic carbocycles. The van der Waals surface area contributed by atoms with Gasteiger partial charge in [0.15, 0.2) is 0 Å². The lowest BCUT2D eigenvalue weighted by Gasteiger charge is -2.14. The zero-order chi connectivity index (χ0) is 23.5. The van der Waals surface area contributed by atoms with Gasteiger partial charge >= 0.3 is 5.97 Å². The lowest BCUT2D eigenvalue weighted by Crippen LogP contribution is -2.20. The first-order valence-corrected chi connectivity index (χ1v) is 11.2. The average Bonchev–Trinajstić information content (AvgIpc) is 3.08. The minimum Gasteiger partial charge on any atom is -0.481 e. The van der Waals surface area contributed by atoms with Crippen molar-refractivity contribution in [2.75, 3.05) is 5.32 Å². The summed E-state index contributed by atoms with van der Waals surface area (Å²) in [6, 6.07) is 22.7. The van der Waals surface area contributed by atoms with E-state index in [1.54, 1.807) is 24.3 Å². The number of carboxylic acids is 1. The highest BCUT2D eigenvalue weighted by Crippen LogP contribution is 2.29. The molecule has 4 rings (SSSR count). The number of aromatic nitrogens is 1. The number of aliphatic carboxylic acids is 1. The Morgan fingerprint density at radius 1 is 0.970 bits per heavy atom. The van der Waals surface area contributed by atoms with Gasteiger partial charge in [-0.3, -0.25) is 9.59 Å². The van der Waals surface area contributed by atoms with Crippen LogP contribution in [0.1, 0.15) is 46.9 Å². The molecule has 4 aromatic rings. The second-order valence-corrected chi connectivity index (χ2v) is 8.79. The Hall–Kier alpha value is -3.57. The molecule has 33 heavy (non-hydrogen) atoms. The molecule has 0 radical (unpaired) electrons. The lowest BCUT2D eigenvalue weighted by atomic mass is 10.0. The van der Waals surface area contributed by atoms with E-state index < -0.39 is 5.97 Å². The summed E-state index contributed by atoms with van der Waals surface area (Å²) in [5.74, 6) is -0.919. The zero-order valence-corrected chi connectivity index (χ0v) is 19.3. The first-order chi connectivity index (χ1) is 15.8. The molecule has 1 aromatic heterocycles. The number of hydrogen-bond acceptors (Lipinski definition) is 2. The lowest BCUT2D eigenvalue weighted by molar-refractivity contribution is -0.136. The number of carboxylic acid groups (broad SMARTS) is 1. The average molecular weight is 461 g/mol. The highest BCUT2D eigenvalue weighted by Gasteiger charge is 2.24. The molecule has 5 nitrogen and oxygen atoms in total. The molecule has 0 saturated heterocycles. The van der Waals surface area contributed by atoms with Crippen LogP contribution in [-0.4, -0.2) is 21.6 Å². The topological polar surface area (TPSA) is 71.3 Å². The predicted molar refractivity (Wildman–Crippen MR) is 132 cm³/mol. The second kappa shape index (κ2) is 9.51. The molecule has 0 saturated carbocycles. The minimum absolute atomic E-state index is 0.247. The summed E-state index contributed by atoms with van der Waals surface area (Å²) in [5, 5.41) is 13.8. The first kappa shape index (κ1) is 22.6. The van der Waals surface area contributed by atoms with Crippen molar-refractivity contribution in [3.05, 3.63) is 100 Å². The number of anilines is 1. The van der Waals surface area contributed by atoms with E-state index >= 15 is 0 Å². The molecule has 0 unspecified atom stereocenters. The molecule has 168 valence electrons. The van der Waals surface area contributed by atoms with E-state index in [0.717, 1.165) is 16.5 Å². The SMILES string of the molecule is CC(C)c1ccc(Cn2c(C(=O)Nc3ccc(Cl)cc3)c(CC(=O)O)c3ccccc32)cc1. The number of carbonyl (C=O) groups is 2. The fourth-order valence-corrected chi connectivity index (χ4v) is 4.17. The van der Waals surface area contributed by atoms with Crippen LogP contribution in [0.2, 0.25) is 5.02 Å². The molecule has 0 bridgehead atoms. The number of carbonyl (C=O) groups excluding carboxylic acids is 1. The maximum atomic E-state index is 13.5. The fourth-order valence-electron chi connectivity index (χ4n) is 4.04. The van der Waals surface area contributed by atoms with E-state index in [0.29, 0.717) is 34.4 Å². The molecule has 0 aliphatic carbocycles. The van der Waals surface area contributed by atoms with Gasteiger partial charge in [0, 0.05) is 33.7 Å². The molecule has 0 aliphatic heterocycles. The van der Waals surface area contributed by atoms with Gasteiger partial charge in [0.25, 0.3) is 5.91 Å². The van der Waals surface area contributed by atoms with Crippen LogP contribution in [0.4, 0.5) is 5.69 Å². The molecule has 0 fully saturated rings. The van der Waals surface area contributed by atoms with Crippen LogP contribution in [0.15, 0.2) is 72.8 Å². The Bertz CT molecular complexity index is 1310. The maximum Gasteiger partial charge on any atom is 0.307 e. The third kappa shape index (κ3) is 4.94. The van der Waals surface area contributed by atoms with Crippen molar-refractivity contribution in [1.29, 1.82) is 0 Å². The number of halogens is 1. The Morgan fingerprint density at radius 2 is 1.64 bits per heavy atom. The van der Waals surface area contributed by atoms with E-state index in [1.165, 1.54) is 5.56 Å². The quantitative estimate of drug-likeness (QED) is 0.337. The normalized spacial score (nSPS) is 11.2. The summed E-state index contributed by atoms with van der Waals surface area (Å²) in [7, 11) is 0. The van der Waals surface area contributed by atoms with Crippen LogP contribution in [0, 0.1) is 0 Å². The van der Waals surface area contributed by atoms with Crippen LogP contribution in [0.3, 0.4) is 0 Å². The van der Waals surface area contributed by atoms with Gasteiger partial charge in [-0.15, -0.1) is 0 Å². The highest BCUT2D eigenvalue weighted by molar-refractivity contribution is 6.30. The number of amides is 1. The molecular weight excluding hydrogens is 436 g/mol. The van der Waals surface area contributed by atoms with E-state index in [1.807, 2.05) is 28.8 Å². The van der Waals surface area contributed by atoms with Gasteiger partial charge in [0.05, 0.1) is 6.42 Å². The summed E-state index contributed by atoms with van der Waals surface area (Å²) >= 11 is 5.97. The first-order valence-electron chi connectivity index (χ1n) is 10.8. The number of nitrogens with zero attached hydrogens (tertiary/aromatic N) is 1. The van der Waals surface area contributed by atoms with Crippen molar-refractivity contribution in [2.45, 2.75) is 32.7 Å². The van der Waals surface area contributed by atoms with Crippen molar-refractivity contribution in [1.82, 2.24) is 4.57 Å². The van der Waals surface area contributed by atoms with Gasteiger partial charge in [0.1, 0.15) is 5.69 Å². The molecule has 0 spiro atoms. The third-order valence-electron chi connectivity index (χ3n) is 5.71. The number of hydrogen-bond donors (Lipinski definition) is 2. The predicted octanol–water partition coefficient (Wildman–Crippen LogP) is 6.35. The van der Waals surface area contributed by atoms with E-state index in [2.05, 4.69) is 43.4 Å². The third-order valence-corrected chi connectivity index (χ3v) is 5.96. The summed E-state index contributed by atoms with van der Waals surface area (Å²) < 4.78 is 1.91. The molecule has 0 atom stereocenters. The number of fused-ring (bicyclic) bond motifs is 1. The molecular formula is C27H25ClN2O3. The van der Waals surface area contributed by atoms with Gasteiger partial charge in [-0.2, -0.15) is 0 Å². The Labute approximate surface area is 197 Å². The Kier molecular flexibility index (Phi) is 6.52. The summed E-state index contributed by atoms with van der Waals surface area (Å²) in [4.78, 5) is 25.2.